The average Bonchev–Trinajstić information content (AvgIpc) is 2.55. The molecule has 0 unspecified atom stereocenters. The largest absolute Gasteiger partial charge is 0.423 e. The zero-order valence-corrected chi connectivity index (χ0v) is 14.6. The molecule has 120 valence electrons. The first-order chi connectivity index (χ1) is 11.6. The molecule has 2 nitrogen and oxygen atoms in total. The first-order valence-corrected chi connectivity index (χ1v) is 8.61. The summed E-state index contributed by atoms with van der Waals surface area (Å²) in [6.07, 6.45) is 3.73. The second-order valence-electron chi connectivity index (χ2n) is 5.31. The van der Waals surface area contributed by atoms with Gasteiger partial charge in [-0.2, -0.15) is 0 Å². The van der Waals surface area contributed by atoms with E-state index in [1.165, 1.54) is 6.07 Å². The highest BCUT2D eigenvalue weighted by Crippen LogP contribution is 2.28. The summed E-state index contributed by atoms with van der Waals surface area (Å²) < 4.78 is 5.13. The number of aryl methyl sites for hydroxylation is 1. The van der Waals surface area contributed by atoms with E-state index in [4.69, 9.17) is 16.0 Å². The molecule has 0 atom stereocenters. The number of benzene rings is 2. The van der Waals surface area contributed by atoms with Gasteiger partial charge in [-0.05, 0) is 66.6 Å². The molecule has 3 aromatic rings. The Balaban J connectivity index is 1.71. The van der Waals surface area contributed by atoms with Gasteiger partial charge in [0.25, 0.3) is 0 Å². The fourth-order valence-corrected chi connectivity index (χ4v) is 3.12. The van der Waals surface area contributed by atoms with Crippen molar-refractivity contribution in [2.45, 2.75) is 16.7 Å². The smallest absolute Gasteiger partial charge is 0.336 e. The van der Waals surface area contributed by atoms with Crippen molar-refractivity contribution in [1.29, 1.82) is 0 Å². The summed E-state index contributed by atoms with van der Waals surface area (Å²) in [5.41, 5.74) is 1.60. The van der Waals surface area contributed by atoms with Gasteiger partial charge in [-0.3, -0.25) is 0 Å². The lowest BCUT2D eigenvalue weighted by molar-refractivity contribution is 0.500. The van der Waals surface area contributed by atoms with Crippen molar-refractivity contribution >= 4 is 35.5 Å². The summed E-state index contributed by atoms with van der Waals surface area (Å²) in [7, 11) is 0. The SMILES string of the molecule is Cc1cc(C=Cc2ccc(Sc3ccc(Cl)cc3)cc2)oc(=O)c1. The number of hydrogen-bond acceptors (Lipinski definition) is 3. The van der Waals surface area contributed by atoms with E-state index in [9.17, 15) is 4.79 Å². The third-order valence-corrected chi connectivity index (χ3v) is 4.57. The molecule has 0 radical (unpaired) electrons. The van der Waals surface area contributed by atoms with Gasteiger partial charge in [-0.1, -0.05) is 41.6 Å². The fraction of sp³-hybridized carbons (Fsp3) is 0.0500. The molecule has 3 rings (SSSR count). The maximum Gasteiger partial charge on any atom is 0.336 e. The molecule has 2 aromatic carbocycles. The Morgan fingerprint density at radius 3 is 2.17 bits per heavy atom. The van der Waals surface area contributed by atoms with Crippen LogP contribution in [0.15, 0.2) is 79.7 Å². The summed E-state index contributed by atoms with van der Waals surface area (Å²) in [5.74, 6) is 0.555. The zero-order chi connectivity index (χ0) is 16.9. The van der Waals surface area contributed by atoms with Gasteiger partial charge in [0.1, 0.15) is 5.76 Å². The van der Waals surface area contributed by atoms with Gasteiger partial charge in [0, 0.05) is 20.9 Å². The molecule has 0 amide bonds. The van der Waals surface area contributed by atoms with Crippen molar-refractivity contribution in [3.8, 4) is 0 Å². The standard InChI is InChI=1S/C20H15ClO2S/c1-14-12-17(23-20(22)13-14)7-2-15-3-8-18(9-4-15)24-19-10-5-16(21)6-11-19/h2-13H,1H3. The van der Waals surface area contributed by atoms with Crippen LogP contribution in [-0.2, 0) is 0 Å². The molecule has 0 fully saturated rings. The summed E-state index contributed by atoms with van der Waals surface area (Å²) in [4.78, 5) is 13.6. The van der Waals surface area contributed by atoms with Crippen molar-refractivity contribution in [3.63, 3.8) is 0 Å². The third kappa shape index (κ3) is 4.63. The van der Waals surface area contributed by atoms with E-state index >= 15 is 0 Å². The lowest BCUT2D eigenvalue weighted by Gasteiger charge is -2.02. The minimum Gasteiger partial charge on any atom is -0.423 e. The Morgan fingerprint density at radius 2 is 1.54 bits per heavy atom. The van der Waals surface area contributed by atoms with Gasteiger partial charge in [0.15, 0.2) is 0 Å². The molecule has 0 aliphatic rings. The average molecular weight is 355 g/mol. The van der Waals surface area contributed by atoms with E-state index in [2.05, 4.69) is 12.1 Å². The monoisotopic (exact) mass is 354 g/mol. The Kier molecular flexibility index (Phi) is 5.24. The van der Waals surface area contributed by atoms with Crippen molar-refractivity contribution in [2.24, 2.45) is 0 Å². The second-order valence-corrected chi connectivity index (χ2v) is 6.90. The van der Waals surface area contributed by atoms with Crippen LogP contribution in [0.25, 0.3) is 12.2 Å². The van der Waals surface area contributed by atoms with Gasteiger partial charge < -0.3 is 4.42 Å². The van der Waals surface area contributed by atoms with E-state index in [-0.39, 0.29) is 5.63 Å². The van der Waals surface area contributed by atoms with Crippen molar-refractivity contribution in [3.05, 3.63) is 93.0 Å². The molecule has 1 aromatic heterocycles. The Morgan fingerprint density at radius 1 is 0.917 bits per heavy atom. The van der Waals surface area contributed by atoms with Crippen LogP contribution in [0.3, 0.4) is 0 Å². The molecule has 0 aliphatic carbocycles. The number of hydrogen-bond donors (Lipinski definition) is 0. The predicted octanol–water partition coefficient (Wildman–Crippen LogP) is 5.92. The van der Waals surface area contributed by atoms with Crippen LogP contribution in [0, 0.1) is 6.92 Å². The summed E-state index contributed by atoms with van der Waals surface area (Å²) >= 11 is 7.58. The van der Waals surface area contributed by atoms with Gasteiger partial charge in [0.05, 0.1) is 0 Å². The highest BCUT2D eigenvalue weighted by atomic mass is 35.5. The van der Waals surface area contributed by atoms with Crippen molar-refractivity contribution in [2.75, 3.05) is 0 Å². The lowest BCUT2D eigenvalue weighted by Crippen LogP contribution is -1.97. The van der Waals surface area contributed by atoms with Crippen LogP contribution in [0.2, 0.25) is 5.02 Å². The lowest BCUT2D eigenvalue weighted by atomic mass is 10.2. The summed E-state index contributed by atoms with van der Waals surface area (Å²) in [6, 6.07) is 19.3. The topological polar surface area (TPSA) is 30.2 Å². The van der Waals surface area contributed by atoms with E-state index in [1.807, 2.05) is 55.5 Å². The predicted molar refractivity (Wildman–Crippen MR) is 101 cm³/mol. The van der Waals surface area contributed by atoms with E-state index < -0.39 is 0 Å². The van der Waals surface area contributed by atoms with Crippen LogP contribution < -0.4 is 5.63 Å². The van der Waals surface area contributed by atoms with Gasteiger partial charge in [0.2, 0.25) is 0 Å². The Hall–Kier alpha value is -2.23. The highest BCUT2D eigenvalue weighted by molar-refractivity contribution is 7.99. The van der Waals surface area contributed by atoms with E-state index in [0.29, 0.717) is 5.76 Å². The van der Waals surface area contributed by atoms with Crippen molar-refractivity contribution < 1.29 is 4.42 Å². The molecular formula is C20H15ClO2S. The highest BCUT2D eigenvalue weighted by Gasteiger charge is 1.98. The molecule has 1 heterocycles. The molecule has 0 spiro atoms. The second kappa shape index (κ2) is 7.56. The van der Waals surface area contributed by atoms with Crippen LogP contribution in [-0.4, -0.2) is 0 Å². The molecule has 4 heteroatoms. The van der Waals surface area contributed by atoms with Gasteiger partial charge >= 0.3 is 5.63 Å². The van der Waals surface area contributed by atoms with E-state index in [1.54, 1.807) is 17.8 Å². The zero-order valence-electron chi connectivity index (χ0n) is 13.0. The van der Waals surface area contributed by atoms with Crippen LogP contribution >= 0.6 is 23.4 Å². The molecule has 24 heavy (non-hydrogen) atoms. The minimum atomic E-state index is -0.329. The molecule has 0 bridgehead atoms. The molecular weight excluding hydrogens is 340 g/mol. The van der Waals surface area contributed by atoms with Gasteiger partial charge in [-0.25, -0.2) is 4.79 Å². The minimum absolute atomic E-state index is 0.329. The quantitative estimate of drug-likeness (QED) is 0.582. The van der Waals surface area contributed by atoms with Crippen LogP contribution in [0.4, 0.5) is 0 Å². The first kappa shape index (κ1) is 16.6. The molecule has 0 N–H and O–H groups in total. The molecule has 0 aliphatic heterocycles. The summed E-state index contributed by atoms with van der Waals surface area (Å²) in [5, 5.41) is 0.739. The summed E-state index contributed by atoms with van der Waals surface area (Å²) in [6.45, 7) is 1.87. The Bertz CT molecular complexity index is 910. The van der Waals surface area contributed by atoms with Crippen molar-refractivity contribution in [1.82, 2.24) is 0 Å². The maximum absolute atomic E-state index is 11.4. The van der Waals surface area contributed by atoms with Crippen LogP contribution in [0.5, 0.6) is 0 Å². The fourth-order valence-electron chi connectivity index (χ4n) is 2.17. The van der Waals surface area contributed by atoms with Gasteiger partial charge in [-0.15, -0.1) is 0 Å². The maximum atomic E-state index is 11.4. The third-order valence-electron chi connectivity index (χ3n) is 3.30. The van der Waals surface area contributed by atoms with E-state index in [0.717, 1.165) is 25.9 Å². The Labute approximate surface area is 149 Å². The number of rotatable bonds is 4. The normalized spacial score (nSPS) is 11.1. The first-order valence-electron chi connectivity index (χ1n) is 7.42. The van der Waals surface area contributed by atoms with Crippen LogP contribution in [0.1, 0.15) is 16.9 Å². The molecule has 0 saturated heterocycles. The molecule has 0 saturated carbocycles. The number of halogens is 1.